The van der Waals surface area contributed by atoms with Crippen LogP contribution < -0.4 is 0 Å². The molecule has 2 aromatic heterocycles. The van der Waals surface area contributed by atoms with E-state index in [1.54, 1.807) is 4.90 Å². The molecule has 2 saturated heterocycles. The van der Waals surface area contributed by atoms with E-state index in [1.165, 1.54) is 18.0 Å². The van der Waals surface area contributed by atoms with Crippen LogP contribution in [0.15, 0.2) is 38.5 Å². The second kappa shape index (κ2) is 7.47. The summed E-state index contributed by atoms with van der Waals surface area (Å²) in [5, 5.41) is 0.554. The Bertz CT molecular complexity index is 1030. The smallest absolute Gasteiger partial charge is 0.275 e. The Morgan fingerprint density at radius 3 is 2.76 bits per heavy atom. The van der Waals surface area contributed by atoms with Gasteiger partial charge in [0, 0.05) is 25.9 Å². The summed E-state index contributed by atoms with van der Waals surface area (Å²) >= 11 is 1.39. The van der Waals surface area contributed by atoms with Gasteiger partial charge in [0.25, 0.3) is 11.1 Å². The van der Waals surface area contributed by atoms with Crippen LogP contribution in [-0.2, 0) is 15.2 Å². The molecule has 4 heterocycles. The van der Waals surface area contributed by atoms with Gasteiger partial charge < -0.3 is 23.2 Å². The van der Waals surface area contributed by atoms with Crippen molar-refractivity contribution in [2.75, 3.05) is 26.3 Å². The van der Waals surface area contributed by atoms with Crippen molar-refractivity contribution in [1.29, 1.82) is 0 Å². The number of likely N-dealkylation sites (tertiary alicyclic amines) is 1. The lowest BCUT2D eigenvalue weighted by Crippen LogP contribution is -2.47. The molecule has 1 aromatic carbocycles. The fourth-order valence-corrected chi connectivity index (χ4v) is 4.41. The average Bonchev–Trinajstić information content (AvgIpc) is 3.47. The number of hydrogen-bond donors (Lipinski definition) is 0. The van der Waals surface area contributed by atoms with Crippen molar-refractivity contribution in [1.82, 2.24) is 14.9 Å². The predicted molar refractivity (Wildman–Crippen MR) is 105 cm³/mol. The molecule has 2 fully saturated rings. The Hall–Kier alpha value is -2.36. The van der Waals surface area contributed by atoms with E-state index < -0.39 is 5.79 Å². The van der Waals surface area contributed by atoms with Crippen molar-refractivity contribution in [3.05, 3.63) is 41.6 Å². The zero-order valence-electron chi connectivity index (χ0n) is 16.1. The predicted octanol–water partition coefficient (Wildman–Crippen LogP) is 3.40. The molecule has 0 unspecified atom stereocenters. The summed E-state index contributed by atoms with van der Waals surface area (Å²) < 4.78 is 22.7. The third-order valence-corrected chi connectivity index (χ3v) is 6.13. The minimum Gasteiger partial charge on any atom is -0.447 e. The van der Waals surface area contributed by atoms with Crippen molar-refractivity contribution in [2.45, 2.75) is 36.5 Å². The molecule has 152 valence electrons. The van der Waals surface area contributed by atoms with Gasteiger partial charge in [0.15, 0.2) is 17.1 Å². The quantitative estimate of drug-likeness (QED) is 0.599. The van der Waals surface area contributed by atoms with Crippen LogP contribution in [-0.4, -0.2) is 52.9 Å². The highest BCUT2D eigenvalue weighted by Crippen LogP contribution is 2.32. The Morgan fingerprint density at radius 2 is 2.00 bits per heavy atom. The number of hydrogen-bond acceptors (Lipinski definition) is 8. The zero-order chi connectivity index (χ0) is 19.8. The molecule has 0 radical (unpaired) electrons. The highest BCUT2D eigenvalue weighted by Gasteiger charge is 2.41. The van der Waals surface area contributed by atoms with Gasteiger partial charge in [-0.3, -0.25) is 4.79 Å². The lowest BCUT2D eigenvalue weighted by atomic mass is 10.0. The molecule has 2 aliphatic heterocycles. The van der Waals surface area contributed by atoms with Crippen LogP contribution in [0.2, 0.25) is 0 Å². The molecule has 0 saturated carbocycles. The number of aromatic nitrogens is 2. The summed E-state index contributed by atoms with van der Waals surface area (Å²) in [5.41, 5.74) is 3.00. The molecule has 5 rings (SSSR count). The van der Waals surface area contributed by atoms with E-state index in [9.17, 15) is 4.79 Å². The fourth-order valence-electron chi connectivity index (χ4n) is 3.72. The van der Waals surface area contributed by atoms with Gasteiger partial charge in [-0.1, -0.05) is 23.9 Å². The number of thioether (sulfide) groups is 1. The average molecular weight is 415 g/mol. The van der Waals surface area contributed by atoms with Gasteiger partial charge >= 0.3 is 0 Å². The number of fused-ring (bicyclic) bond motifs is 1. The van der Waals surface area contributed by atoms with Crippen molar-refractivity contribution < 1.29 is 23.1 Å². The molecule has 0 N–H and O–H groups in total. The molecule has 8 nitrogen and oxygen atoms in total. The number of amides is 1. The van der Waals surface area contributed by atoms with Gasteiger partial charge in [0.1, 0.15) is 11.8 Å². The van der Waals surface area contributed by atoms with E-state index in [4.69, 9.17) is 18.3 Å². The number of rotatable bonds is 4. The van der Waals surface area contributed by atoms with Crippen molar-refractivity contribution >= 4 is 28.8 Å². The van der Waals surface area contributed by atoms with Crippen LogP contribution in [0.4, 0.5) is 0 Å². The van der Waals surface area contributed by atoms with E-state index in [0.717, 1.165) is 16.7 Å². The molecular formula is C20H21N3O5S. The molecule has 0 atom stereocenters. The third-order valence-electron chi connectivity index (χ3n) is 5.32. The van der Waals surface area contributed by atoms with Gasteiger partial charge in [-0.25, -0.2) is 9.97 Å². The van der Waals surface area contributed by atoms with Crippen molar-refractivity contribution in [3.63, 3.8) is 0 Å². The first-order valence-electron chi connectivity index (χ1n) is 9.62. The first-order chi connectivity index (χ1) is 14.1. The number of ether oxygens (including phenoxy) is 2. The lowest BCUT2D eigenvalue weighted by molar-refractivity contribution is -0.181. The molecule has 9 heteroatoms. The normalized spacial score (nSPS) is 18.7. The molecule has 3 aromatic rings. The summed E-state index contributed by atoms with van der Waals surface area (Å²) in [4.78, 5) is 23.4. The summed E-state index contributed by atoms with van der Waals surface area (Å²) in [6.07, 6.45) is 2.77. The minimum atomic E-state index is -0.500. The van der Waals surface area contributed by atoms with E-state index in [1.807, 2.05) is 25.1 Å². The van der Waals surface area contributed by atoms with Gasteiger partial charge in [-0.15, -0.1) is 0 Å². The lowest BCUT2D eigenvalue weighted by Gasteiger charge is -2.37. The van der Waals surface area contributed by atoms with Crippen LogP contribution in [0.25, 0.3) is 11.1 Å². The van der Waals surface area contributed by atoms with Crippen molar-refractivity contribution in [3.8, 4) is 0 Å². The SMILES string of the molecule is Cc1cccc2oc(SCc3nc(C(=O)N4CCC5(CC4)OCCO5)co3)nc12. The second-order valence-electron chi connectivity index (χ2n) is 7.22. The Morgan fingerprint density at radius 1 is 1.21 bits per heavy atom. The molecule has 1 spiro atoms. The summed E-state index contributed by atoms with van der Waals surface area (Å²) in [7, 11) is 0. The maximum absolute atomic E-state index is 12.7. The largest absolute Gasteiger partial charge is 0.447 e. The molecule has 29 heavy (non-hydrogen) atoms. The summed E-state index contributed by atoms with van der Waals surface area (Å²) in [6, 6.07) is 5.83. The van der Waals surface area contributed by atoms with E-state index in [-0.39, 0.29) is 5.91 Å². The number of piperidine rings is 1. The third kappa shape index (κ3) is 3.65. The van der Waals surface area contributed by atoms with Gasteiger partial charge in [0.05, 0.1) is 19.0 Å². The number of carbonyl (C=O) groups excluding carboxylic acids is 1. The highest BCUT2D eigenvalue weighted by molar-refractivity contribution is 7.98. The number of oxazole rings is 2. The molecule has 0 aliphatic carbocycles. The van der Waals surface area contributed by atoms with Crippen LogP contribution in [0.3, 0.4) is 0 Å². The topological polar surface area (TPSA) is 90.8 Å². The molecule has 2 aliphatic rings. The summed E-state index contributed by atoms with van der Waals surface area (Å²) in [6.45, 7) is 4.41. The first-order valence-corrected chi connectivity index (χ1v) is 10.6. The number of nitrogens with zero attached hydrogens (tertiary/aromatic N) is 3. The standard InChI is InChI=1S/C20H21N3O5S/c1-13-3-2-4-15-17(13)22-19(28-15)29-12-16-21-14(11-25-16)18(24)23-7-5-20(6-8-23)26-9-10-27-20/h2-4,11H,5-10,12H2,1H3. The maximum Gasteiger partial charge on any atom is 0.275 e. The highest BCUT2D eigenvalue weighted by atomic mass is 32.2. The van der Waals surface area contributed by atoms with Crippen molar-refractivity contribution in [2.24, 2.45) is 0 Å². The number of carbonyl (C=O) groups is 1. The van der Waals surface area contributed by atoms with Gasteiger partial charge in [-0.2, -0.15) is 0 Å². The zero-order valence-corrected chi connectivity index (χ0v) is 16.9. The van der Waals surface area contributed by atoms with Gasteiger partial charge in [-0.05, 0) is 18.6 Å². The Balaban J connectivity index is 1.20. The monoisotopic (exact) mass is 415 g/mol. The fraction of sp³-hybridized carbons (Fsp3) is 0.450. The van der Waals surface area contributed by atoms with Crippen LogP contribution >= 0.6 is 11.8 Å². The molecule has 0 bridgehead atoms. The first kappa shape index (κ1) is 18.7. The number of benzene rings is 1. The van der Waals surface area contributed by atoms with Crippen LogP contribution in [0.1, 0.15) is 34.8 Å². The van der Waals surface area contributed by atoms with E-state index >= 15 is 0 Å². The second-order valence-corrected chi connectivity index (χ2v) is 8.14. The summed E-state index contributed by atoms with van der Waals surface area (Å²) in [5.74, 6) is 0.271. The number of para-hydroxylation sites is 1. The van der Waals surface area contributed by atoms with E-state index in [2.05, 4.69) is 9.97 Å². The molecular weight excluding hydrogens is 394 g/mol. The Kier molecular flexibility index (Phi) is 4.81. The van der Waals surface area contributed by atoms with Crippen LogP contribution in [0.5, 0.6) is 0 Å². The molecule has 1 amide bonds. The minimum absolute atomic E-state index is 0.129. The van der Waals surface area contributed by atoms with Gasteiger partial charge in [0.2, 0.25) is 5.89 Å². The van der Waals surface area contributed by atoms with E-state index in [0.29, 0.717) is 61.7 Å². The van der Waals surface area contributed by atoms with Crippen LogP contribution in [0, 0.1) is 6.92 Å². The Labute approximate surface area is 171 Å². The maximum atomic E-state index is 12.7. The number of aryl methyl sites for hydroxylation is 1.